The third-order valence-corrected chi connectivity index (χ3v) is 4.19. The first kappa shape index (κ1) is 17.2. The van der Waals surface area contributed by atoms with Crippen LogP contribution in [0, 0.1) is 0 Å². The molecule has 9 heteroatoms. The molecular formula is C12H19N3O5S. The molecule has 0 unspecified atom stereocenters. The van der Waals surface area contributed by atoms with Crippen molar-refractivity contribution in [3.05, 3.63) is 18.0 Å². The molecule has 0 aliphatic heterocycles. The molecule has 0 aliphatic rings. The lowest BCUT2D eigenvalue weighted by Crippen LogP contribution is -2.30. The Morgan fingerprint density at radius 2 is 2.00 bits per heavy atom. The third kappa shape index (κ3) is 4.57. The maximum absolute atomic E-state index is 12.0. The van der Waals surface area contributed by atoms with Crippen LogP contribution in [0.3, 0.4) is 0 Å². The van der Waals surface area contributed by atoms with E-state index >= 15 is 0 Å². The van der Waals surface area contributed by atoms with E-state index in [9.17, 15) is 18.0 Å². The van der Waals surface area contributed by atoms with Crippen LogP contribution in [0.5, 0.6) is 0 Å². The topological polar surface area (TPSA) is 118 Å². The number of nitrogens with zero attached hydrogens (tertiary/aromatic N) is 1. The Hall–Kier alpha value is -1.87. The average Bonchev–Trinajstić information content (AvgIpc) is 2.83. The van der Waals surface area contributed by atoms with Gasteiger partial charge in [-0.25, -0.2) is 17.9 Å². The highest BCUT2D eigenvalue weighted by Gasteiger charge is 2.20. The minimum atomic E-state index is -3.83. The van der Waals surface area contributed by atoms with Crippen LogP contribution < -0.4 is 10.0 Å². The van der Waals surface area contributed by atoms with E-state index in [1.165, 1.54) is 10.8 Å². The molecule has 21 heavy (non-hydrogen) atoms. The molecule has 1 heterocycles. The van der Waals surface area contributed by atoms with Crippen molar-refractivity contribution in [2.45, 2.75) is 31.7 Å². The molecule has 3 N–H and O–H groups in total. The first-order chi connectivity index (χ1) is 9.81. The number of nitrogens with one attached hydrogen (secondary N) is 2. The molecule has 0 aromatic carbocycles. The normalized spacial score (nSPS) is 11.3. The van der Waals surface area contributed by atoms with Gasteiger partial charge in [-0.3, -0.25) is 4.79 Å². The molecule has 0 fully saturated rings. The van der Waals surface area contributed by atoms with E-state index in [0.717, 1.165) is 6.07 Å². The Labute approximate surface area is 123 Å². The molecule has 8 nitrogen and oxygen atoms in total. The summed E-state index contributed by atoms with van der Waals surface area (Å²) in [5.41, 5.74) is -0.0957. The van der Waals surface area contributed by atoms with Crippen LogP contribution in [0.4, 0.5) is 0 Å². The number of amides is 1. The predicted octanol–water partition coefficient (Wildman–Crippen LogP) is 0.0107. The predicted molar refractivity (Wildman–Crippen MR) is 75.6 cm³/mol. The van der Waals surface area contributed by atoms with Gasteiger partial charge in [0.05, 0.1) is 0 Å². The Kier molecular flexibility index (Phi) is 5.91. The molecule has 0 atom stereocenters. The van der Waals surface area contributed by atoms with Gasteiger partial charge in [-0.1, -0.05) is 0 Å². The van der Waals surface area contributed by atoms with Gasteiger partial charge < -0.3 is 15.0 Å². The fourth-order valence-corrected chi connectivity index (χ4v) is 2.81. The van der Waals surface area contributed by atoms with E-state index < -0.39 is 16.0 Å². The van der Waals surface area contributed by atoms with Crippen molar-refractivity contribution in [3.63, 3.8) is 0 Å². The fourth-order valence-electron chi connectivity index (χ4n) is 1.74. The lowest BCUT2D eigenvalue weighted by molar-refractivity contribution is -0.120. The Morgan fingerprint density at radius 3 is 2.48 bits per heavy atom. The Morgan fingerprint density at radius 1 is 1.33 bits per heavy atom. The van der Waals surface area contributed by atoms with Crippen molar-refractivity contribution in [1.82, 2.24) is 14.6 Å². The maximum Gasteiger partial charge on any atom is 0.352 e. The summed E-state index contributed by atoms with van der Waals surface area (Å²) in [4.78, 5) is 22.1. The van der Waals surface area contributed by atoms with Gasteiger partial charge in [0.2, 0.25) is 15.9 Å². The molecule has 0 aliphatic carbocycles. The summed E-state index contributed by atoms with van der Waals surface area (Å²) in [5, 5.41) is 11.5. The molecular weight excluding hydrogens is 298 g/mol. The SMILES string of the molecule is CCNC(=O)CCNS(=O)(=O)c1cc(C(=O)O)n(CC)c1. The van der Waals surface area contributed by atoms with Crippen molar-refractivity contribution in [1.29, 1.82) is 0 Å². The van der Waals surface area contributed by atoms with Crippen molar-refractivity contribution in [2.24, 2.45) is 0 Å². The number of carboxylic acids is 1. The molecule has 1 amide bonds. The molecule has 1 rings (SSSR count). The van der Waals surface area contributed by atoms with Gasteiger partial charge in [-0.15, -0.1) is 0 Å². The number of sulfonamides is 1. The zero-order chi connectivity index (χ0) is 16.0. The molecule has 118 valence electrons. The molecule has 0 saturated heterocycles. The summed E-state index contributed by atoms with van der Waals surface area (Å²) in [7, 11) is -3.83. The molecule has 1 aromatic rings. The molecule has 1 aromatic heterocycles. The number of hydrogen-bond donors (Lipinski definition) is 3. The van der Waals surface area contributed by atoms with Crippen LogP contribution in [0.2, 0.25) is 0 Å². The fraction of sp³-hybridized carbons (Fsp3) is 0.500. The lowest BCUT2D eigenvalue weighted by atomic mass is 10.4. The quantitative estimate of drug-likeness (QED) is 0.624. The van der Waals surface area contributed by atoms with E-state index in [1.807, 2.05) is 0 Å². The summed E-state index contributed by atoms with van der Waals surface area (Å²) < 4.78 is 27.7. The van der Waals surface area contributed by atoms with Crippen molar-refractivity contribution in [2.75, 3.05) is 13.1 Å². The minimum absolute atomic E-state index is 0.0212. The number of carboxylic acid groups (broad SMARTS) is 1. The van der Waals surface area contributed by atoms with Gasteiger partial charge in [0, 0.05) is 32.3 Å². The monoisotopic (exact) mass is 317 g/mol. The van der Waals surface area contributed by atoms with Crippen molar-refractivity contribution >= 4 is 21.9 Å². The molecule has 0 bridgehead atoms. The Balaban J connectivity index is 2.79. The summed E-state index contributed by atoms with van der Waals surface area (Å²) in [6.07, 6.45) is 1.28. The average molecular weight is 317 g/mol. The van der Waals surface area contributed by atoms with Crippen LogP contribution in [0.1, 0.15) is 30.8 Å². The van der Waals surface area contributed by atoms with Gasteiger partial charge in [0.1, 0.15) is 10.6 Å². The third-order valence-electron chi connectivity index (χ3n) is 2.76. The van der Waals surface area contributed by atoms with E-state index in [-0.39, 0.29) is 29.5 Å². The summed E-state index contributed by atoms with van der Waals surface area (Å²) >= 11 is 0. The largest absolute Gasteiger partial charge is 0.477 e. The van der Waals surface area contributed by atoms with Crippen LogP contribution in [-0.4, -0.2) is 43.1 Å². The highest BCUT2D eigenvalue weighted by atomic mass is 32.2. The minimum Gasteiger partial charge on any atom is -0.477 e. The smallest absolute Gasteiger partial charge is 0.352 e. The zero-order valence-electron chi connectivity index (χ0n) is 11.9. The summed E-state index contributed by atoms with van der Waals surface area (Å²) in [5.74, 6) is -1.45. The molecule has 0 spiro atoms. The number of rotatable bonds is 8. The first-order valence-corrected chi connectivity index (χ1v) is 8.00. The summed E-state index contributed by atoms with van der Waals surface area (Å²) in [6, 6.07) is 1.10. The van der Waals surface area contributed by atoms with Crippen LogP contribution in [0.25, 0.3) is 0 Å². The van der Waals surface area contributed by atoms with Crippen LogP contribution >= 0.6 is 0 Å². The molecule has 0 saturated carbocycles. The second-order valence-corrected chi connectivity index (χ2v) is 6.02. The van der Waals surface area contributed by atoms with Crippen molar-refractivity contribution in [3.8, 4) is 0 Å². The second kappa shape index (κ2) is 7.23. The van der Waals surface area contributed by atoms with Crippen molar-refractivity contribution < 1.29 is 23.1 Å². The highest BCUT2D eigenvalue weighted by Crippen LogP contribution is 2.14. The number of carbonyl (C=O) groups excluding carboxylic acids is 1. The number of aryl methyl sites for hydroxylation is 1. The van der Waals surface area contributed by atoms with Gasteiger partial charge in [0.25, 0.3) is 0 Å². The van der Waals surface area contributed by atoms with E-state index in [1.54, 1.807) is 13.8 Å². The van der Waals surface area contributed by atoms with Crippen LogP contribution in [-0.2, 0) is 21.4 Å². The summed E-state index contributed by atoms with van der Waals surface area (Å²) in [6.45, 7) is 4.26. The Bertz CT molecular complexity index is 621. The van der Waals surface area contributed by atoms with Gasteiger partial charge in [-0.05, 0) is 19.9 Å². The first-order valence-electron chi connectivity index (χ1n) is 6.51. The molecule has 0 radical (unpaired) electrons. The number of aromatic nitrogens is 1. The second-order valence-electron chi connectivity index (χ2n) is 4.25. The lowest BCUT2D eigenvalue weighted by Gasteiger charge is -2.05. The highest BCUT2D eigenvalue weighted by molar-refractivity contribution is 7.89. The van der Waals surface area contributed by atoms with E-state index in [0.29, 0.717) is 13.1 Å². The standard InChI is InChI=1S/C12H19N3O5S/c1-3-13-11(16)5-6-14-21(19,20)9-7-10(12(17)18)15(4-2)8-9/h7-8,14H,3-6H2,1-2H3,(H,13,16)(H,17,18). The number of hydrogen-bond acceptors (Lipinski definition) is 4. The van der Waals surface area contributed by atoms with E-state index in [4.69, 9.17) is 5.11 Å². The number of carbonyl (C=O) groups is 2. The number of aromatic carboxylic acids is 1. The zero-order valence-corrected chi connectivity index (χ0v) is 12.7. The van der Waals surface area contributed by atoms with Gasteiger partial charge in [0.15, 0.2) is 0 Å². The van der Waals surface area contributed by atoms with Gasteiger partial charge in [-0.2, -0.15) is 0 Å². The van der Waals surface area contributed by atoms with Crippen LogP contribution in [0.15, 0.2) is 17.2 Å². The maximum atomic E-state index is 12.0. The van der Waals surface area contributed by atoms with E-state index in [2.05, 4.69) is 10.0 Å². The van der Waals surface area contributed by atoms with Gasteiger partial charge >= 0.3 is 5.97 Å².